The second-order valence-electron chi connectivity index (χ2n) is 6.92. The number of ether oxygens (including phenoxy) is 2. The Hall–Kier alpha value is -3.25. The lowest BCUT2D eigenvalue weighted by molar-refractivity contribution is 0.0600. The van der Waals surface area contributed by atoms with Gasteiger partial charge in [0, 0.05) is 18.9 Å². The van der Waals surface area contributed by atoms with E-state index in [1.54, 1.807) is 53.2 Å². The van der Waals surface area contributed by atoms with Crippen molar-refractivity contribution in [1.82, 2.24) is 4.57 Å². The monoisotopic (exact) mass is 409 g/mol. The number of carbonyl (C=O) groups is 1. The van der Waals surface area contributed by atoms with Crippen LogP contribution in [0.25, 0.3) is 0 Å². The Bertz CT molecular complexity index is 1040. The van der Waals surface area contributed by atoms with Crippen LogP contribution >= 0.6 is 0 Å². The summed E-state index contributed by atoms with van der Waals surface area (Å²) in [7, 11) is 1.33. The van der Waals surface area contributed by atoms with Gasteiger partial charge >= 0.3 is 5.97 Å². The highest BCUT2D eigenvalue weighted by molar-refractivity contribution is 5.89. The molecule has 0 amide bonds. The fourth-order valence-corrected chi connectivity index (χ4v) is 3.14. The molecule has 1 atom stereocenters. The maximum atomic E-state index is 13.3. The molecule has 0 saturated heterocycles. The number of benzene rings is 2. The van der Waals surface area contributed by atoms with Crippen molar-refractivity contribution in [2.45, 2.75) is 26.0 Å². The quantitative estimate of drug-likeness (QED) is 0.520. The van der Waals surface area contributed by atoms with E-state index in [1.165, 1.54) is 19.2 Å². The van der Waals surface area contributed by atoms with Crippen LogP contribution in [0.1, 0.15) is 46.5 Å². The van der Waals surface area contributed by atoms with Crippen LogP contribution in [-0.4, -0.2) is 24.3 Å². The van der Waals surface area contributed by atoms with E-state index in [4.69, 9.17) is 9.47 Å². The molecule has 0 spiro atoms. The van der Waals surface area contributed by atoms with Crippen LogP contribution in [0.15, 0.2) is 71.7 Å². The van der Waals surface area contributed by atoms with E-state index in [1.807, 2.05) is 13.0 Å². The fourth-order valence-electron chi connectivity index (χ4n) is 3.14. The van der Waals surface area contributed by atoms with Gasteiger partial charge in [0.1, 0.15) is 11.9 Å². The summed E-state index contributed by atoms with van der Waals surface area (Å²) in [5.41, 5.74) is 2.68. The van der Waals surface area contributed by atoms with E-state index in [-0.39, 0.29) is 11.4 Å². The third-order valence-corrected chi connectivity index (χ3v) is 4.71. The lowest BCUT2D eigenvalue weighted by atomic mass is 10.0. The van der Waals surface area contributed by atoms with Crippen molar-refractivity contribution in [3.8, 4) is 0 Å². The molecule has 1 unspecified atom stereocenters. The molecular weight excluding hydrogens is 385 g/mol. The van der Waals surface area contributed by atoms with Gasteiger partial charge in [-0.3, -0.25) is 4.79 Å². The first kappa shape index (κ1) is 21.5. The first-order chi connectivity index (χ1) is 14.5. The minimum Gasteiger partial charge on any atom is -0.465 e. The van der Waals surface area contributed by atoms with E-state index in [0.717, 1.165) is 23.1 Å². The van der Waals surface area contributed by atoms with Gasteiger partial charge in [0.25, 0.3) is 5.56 Å². The molecule has 0 aliphatic carbocycles. The average molecular weight is 409 g/mol. The zero-order valence-corrected chi connectivity index (χ0v) is 17.0. The van der Waals surface area contributed by atoms with Crippen LogP contribution in [0.2, 0.25) is 0 Å². The molecule has 3 rings (SSSR count). The molecule has 0 N–H and O–H groups in total. The molecule has 1 aromatic heterocycles. The Balaban J connectivity index is 1.82. The largest absolute Gasteiger partial charge is 0.465 e. The molecule has 156 valence electrons. The van der Waals surface area contributed by atoms with Gasteiger partial charge < -0.3 is 14.0 Å². The second kappa shape index (κ2) is 9.98. The van der Waals surface area contributed by atoms with Crippen molar-refractivity contribution in [2.75, 3.05) is 13.7 Å². The van der Waals surface area contributed by atoms with Gasteiger partial charge in [-0.05, 0) is 53.4 Å². The second-order valence-corrected chi connectivity index (χ2v) is 6.92. The van der Waals surface area contributed by atoms with E-state index < -0.39 is 12.1 Å². The lowest BCUT2D eigenvalue weighted by Gasteiger charge is -2.19. The van der Waals surface area contributed by atoms with E-state index in [2.05, 4.69) is 0 Å². The molecule has 1 heterocycles. The molecule has 5 nitrogen and oxygen atoms in total. The summed E-state index contributed by atoms with van der Waals surface area (Å²) in [6.45, 7) is 2.90. The van der Waals surface area contributed by atoms with Gasteiger partial charge in [-0.25, -0.2) is 9.18 Å². The maximum absolute atomic E-state index is 13.3. The molecule has 0 fully saturated rings. The van der Waals surface area contributed by atoms with E-state index in [0.29, 0.717) is 18.7 Å². The first-order valence-corrected chi connectivity index (χ1v) is 9.76. The fraction of sp³-hybridized carbons (Fsp3) is 0.250. The van der Waals surface area contributed by atoms with Crippen LogP contribution < -0.4 is 5.56 Å². The van der Waals surface area contributed by atoms with E-state index in [9.17, 15) is 14.0 Å². The van der Waals surface area contributed by atoms with E-state index >= 15 is 0 Å². The molecule has 0 aliphatic rings. The van der Waals surface area contributed by atoms with Crippen molar-refractivity contribution >= 4 is 5.97 Å². The van der Waals surface area contributed by atoms with Crippen LogP contribution in [0.5, 0.6) is 0 Å². The van der Waals surface area contributed by atoms with Gasteiger partial charge in [-0.1, -0.05) is 31.2 Å². The van der Waals surface area contributed by atoms with Crippen LogP contribution in [0, 0.1) is 5.82 Å². The number of rotatable bonds is 8. The molecule has 0 saturated carbocycles. The average Bonchev–Trinajstić information content (AvgIpc) is 2.77. The van der Waals surface area contributed by atoms with Crippen molar-refractivity contribution in [1.29, 1.82) is 0 Å². The topological polar surface area (TPSA) is 57.5 Å². The third-order valence-electron chi connectivity index (χ3n) is 4.71. The summed E-state index contributed by atoms with van der Waals surface area (Å²) < 4.78 is 25.5. The third kappa shape index (κ3) is 5.21. The predicted molar refractivity (Wildman–Crippen MR) is 112 cm³/mol. The van der Waals surface area contributed by atoms with Crippen molar-refractivity contribution in [3.63, 3.8) is 0 Å². The Kier molecular flexibility index (Phi) is 7.14. The zero-order chi connectivity index (χ0) is 21.5. The highest BCUT2D eigenvalue weighted by Crippen LogP contribution is 2.25. The van der Waals surface area contributed by atoms with Gasteiger partial charge in [0.2, 0.25) is 0 Å². The Morgan fingerprint density at radius 1 is 1.03 bits per heavy atom. The number of nitrogens with zero attached hydrogens (tertiary/aromatic N) is 1. The number of esters is 1. The molecular formula is C24H24FNO4. The highest BCUT2D eigenvalue weighted by Gasteiger charge is 2.16. The summed E-state index contributed by atoms with van der Waals surface area (Å²) in [5.74, 6) is -0.719. The van der Waals surface area contributed by atoms with Crippen LogP contribution in [0.3, 0.4) is 0 Å². The van der Waals surface area contributed by atoms with Gasteiger partial charge in [-0.15, -0.1) is 0 Å². The number of pyridine rings is 1. The number of methoxy groups -OCH3 is 1. The highest BCUT2D eigenvalue weighted by atomic mass is 19.1. The number of hydrogen-bond acceptors (Lipinski definition) is 4. The minimum atomic E-state index is -0.438. The number of halogens is 1. The van der Waals surface area contributed by atoms with Gasteiger partial charge in [-0.2, -0.15) is 0 Å². The molecule has 6 heteroatoms. The number of hydrogen-bond donors (Lipinski definition) is 0. The summed E-state index contributed by atoms with van der Waals surface area (Å²) in [5, 5.41) is 0. The number of carbonyl (C=O) groups excluding carboxylic acids is 1. The first-order valence-electron chi connectivity index (χ1n) is 9.76. The number of aromatic nitrogens is 1. The van der Waals surface area contributed by atoms with Crippen LogP contribution in [-0.2, 0) is 16.0 Å². The Labute approximate surface area is 174 Å². The molecule has 0 aliphatic heterocycles. The van der Waals surface area contributed by atoms with Crippen LogP contribution in [0.4, 0.5) is 4.39 Å². The Morgan fingerprint density at radius 3 is 2.33 bits per heavy atom. The van der Waals surface area contributed by atoms with Crippen molar-refractivity contribution in [2.24, 2.45) is 0 Å². The summed E-state index contributed by atoms with van der Waals surface area (Å²) in [6.07, 6.45) is 2.11. The normalized spacial score (nSPS) is 11.8. The SMILES string of the molecule is CCCOC(c1ccc(F)cc1)c1ccn(Cc2ccc(C(=O)OC)cc2)c(=O)c1. The smallest absolute Gasteiger partial charge is 0.337 e. The lowest BCUT2D eigenvalue weighted by Crippen LogP contribution is -2.21. The zero-order valence-electron chi connectivity index (χ0n) is 17.0. The maximum Gasteiger partial charge on any atom is 0.337 e. The minimum absolute atomic E-state index is 0.170. The van der Waals surface area contributed by atoms with Gasteiger partial charge in [0.15, 0.2) is 0 Å². The molecule has 0 bridgehead atoms. The molecule has 30 heavy (non-hydrogen) atoms. The Morgan fingerprint density at radius 2 is 1.73 bits per heavy atom. The predicted octanol–water partition coefficient (Wildman–Crippen LogP) is 4.34. The standard InChI is InChI=1S/C24H24FNO4/c1-3-14-30-23(18-8-10-21(25)11-9-18)20-12-13-26(22(27)15-20)16-17-4-6-19(7-5-17)24(28)29-2/h4-13,15,23H,3,14,16H2,1-2H3. The molecule has 0 radical (unpaired) electrons. The summed E-state index contributed by atoms with van der Waals surface area (Å²) in [4.78, 5) is 24.2. The summed E-state index contributed by atoms with van der Waals surface area (Å²) >= 11 is 0. The van der Waals surface area contributed by atoms with Gasteiger partial charge in [0.05, 0.1) is 19.2 Å². The van der Waals surface area contributed by atoms with Crippen molar-refractivity contribution in [3.05, 3.63) is 105 Å². The van der Waals surface area contributed by atoms with Crippen molar-refractivity contribution < 1.29 is 18.7 Å². The molecule has 2 aromatic carbocycles. The molecule has 3 aromatic rings. The summed E-state index contributed by atoms with van der Waals surface area (Å²) in [6, 6.07) is 16.4.